The van der Waals surface area contributed by atoms with Gasteiger partial charge in [-0.3, -0.25) is 9.59 Å². The molecule has 3 heteroatoms. The van der Waals surface area contributed by atoms with Gasteiger partial charge in [-0.1, -0.05) is 32.9 Å². The molecule has 1 aromatic carbocycles. The summed E-state index contributed by atoms with van der Waals surface area (Å²) < 4.78 is 0. The van der Waals surface area contributed by atoms with E-state index in [0.29, 0.717) is 0 Å². The van der Waals surface area contributed by atoms with Crippen molar-refractivity contribution in [2.24, 2.45) is 0 Å². The summed E-state index contributed by atoms with van der Waals surface area (Å²) in [4.78, 5) is 22.1. The lowest BCUT2D eigenvalue weighted by Crippen LogP contribution is -2.12. The number of amides is 1. The Morgan fingerprint density at radius 1 is 1.06 bits per heavy atom. The molecule has 0 heterocycles. The molecule has 0 radical (unpaired) electrons. The molecule has 3 nitrogen and oxygen atoms in total. The first-order valence-electron chi connectivity index (χ1n) is 5.89. The van der Waals surface area contributed by atoms with Gasteiger partial charge in [-0.05, 0) is 36.1 Å². The van der Waals surface area contributed by atoms with E-state index in [4.69, 9.17) is 0 Å². The number of hydrogen-bond acceptors (Lipinski definition) is 2. The van der Waals surface area contributed by atoms with Crippen molar-refractivity contribution in [2.45, 2.75) is 33.1 Å². The van der Waals surface area contributed by atoms with Gasteiger partial charge in [-0.25, -0.2) is 0 Å². The van der Waals surface area contributed by atoms with Crippen LogP contribution < -0.4 is 5.32 Å². The Morgan fingerprint density at radius 2 is 1.61 bits per heavy atom. The minimum Gasteiger partial charge on any atom is -0.323 e. The molecule has 18 heavy (non-hydrogen) atoms. The van der Waals surface area contributed by atoms with E-state index in [1.807, 2.05) is 24.3 Å². The van der Waals surface area contributed by atoms with E-state index < -0.39 is 0 Å². The second-order valence-electron chi connectivity index (χ2n) is 5.26. The summed E-state index contributed by atoms with van der Waals surface area (Å²) in [5.74, 6) is -0.443. The normalized spacial score (nSPS) is 11.6. The maximum Gasteiger partial charge on any atom is 0.248 e. The van der Waals surface area contributed by atoms with Crippen molar-refractivity contribution in [3.8, 4) is 0 Å². The monoisotopic (exact) mass is 245 g/mol. The van der Waals surface area contributed by atoms with E-state index in [1.54, 1.807) is 0 Å². The highest BCUT2D eigenvalue weighted by molar-refractivity contribution is 6.03. The molecule has 0 aliphatic rings. The topological polar surface area (TPSA) is 46.2 Å². The third-order valence-corrected chi connectivity index (χ3v) is 2.49. The molecule has 0 aliphatic carbocycles. The van der Waals surface area contributed by atoms with Crippen molar-refractivity contribution >= 4 is 17.4 Å². The van der Waals surface area contributed by atoms with E-state index in [1.165, 1.54) is 24.6 Å². The number of benzene rings is 1. The third-order valence-electron chi connectivity index (χ3n) is 2.49. The van der Waals surface area contributed by atoms with Crippen molar-refractivity contribution in [3.63, 3.8) is 0 Å². The van der Waals surface area contributed by atoms with Crippen LogP contribution in [-0.2, 0) is 15.0 Å². The molecule has 0 saturated carbocycles. The summed E-state index contributed by atoms with van der Waals surface area (Å²) >= 11 is 0. The molecule has 0 atom stereocenters. The smallest absolute Gasteiger partial charge is 0.248 e. The van der Waals surface area contributed by atoms with Gasteiger partial charge in [0.2, 0.25) is 5.91 Å². The fraction of sp³-hybridized carbons (Fsp3) is 0.333. The number of carbonyl (C=O) groups is 2. The number of anilines is 1. The highest BCUT2D eigenvalue weighted by atomic mass is 16.1. The number of rotatable bonds is 3. The first kappa shape index (κ1) is 14.2. The zero-order valence-electron chi connectivity index (χ0n) is 11.3. The van der Waals surface area contributed by atoms with Crippen molar-refractivity contribution in [2.75, 3.05) is 5.32 Å². The van der Waals surface area contributed by atoms with E-state index >= 15 is 0 Å². The number of hydrogen-bond donors (Lipinski definition) is 1. The second kappa shape index (κ2) is 5.63. The molecule has 1 aromatic rings. The maximum atomic E-state index is 11.4. The van der Waals surface area contributed by atoms with E-state index in [9.17, 15) is 9.59 Å². The summed E-state index contributed by atoms with van der Waals surface area (Å²) in [6.07, 6.45) is 2.48. The lowest BCUT2D eigenvalue weighted by molar-refractivity contribution is -0.114. The van der Waals surface area contributed by atoms with Crippen LogP contribution >= 0.6 is 0 Å². The molecule has 0 unspecified atom stereocenters. The standard InChI is InChI=1S/C15H19NO2/c1-11(17)5-10-14(18)16-13-8-6-12(7-9-13)15(2,3)4/h5-10H,1-4H3,(H,16,18). The molecule has 1 N–H and O–H groups in total. The summed E-state index contributed by atoms with van der Waals surface area (Å²) in [7, 11) is 0. The van der Waals surface area contributed by atoms with Gasteiger partial charge in [0.15, 0.2) is 5.78 Å². The highest BCUT2D eigenvalue weighted by Crippen LogP contribution is 2.23. The predicted octanol–water partition coefficient (Wildman–Crippen LogP) is 3.07. The van der Waals surface area contributed by atoms with Crippen LogP contribution in [0.4, 0.5) is 5.69 Å². The lowest BCUT2D eigenvalue weighted by Gasteiger charge is -2.19. The molecule has 0 spiro atoms. The fourth-order valence-corrected chi connectivity index (χ4v) is 1.43. The molecule has 1 rings (SSSR count). The molecule has 0 fully saturated rings. The fourth-order valence-electron chi connectivity index (χ4n) is 1.43. The molecular formula is C15H19NO2. The van der Waals surface area contributed by atoms with Gasteiger partial charge in [0.1, 0.15) is 0 Å². The highest BCUT2D eigenvalue weighted by Gasteiger charge is 2.12. The first-order valence-corrected chi connectivity index (χ1v) is 5.89. The van der Waals surface area contributed by atoms with Crippen LogP contribution in [0, 0.1) is 0 Å². The first-order chi connectivity index (χ1) is 8.29. The maximum absolute atomic E-state index is 11.4. The Morgan fingerprint density at radius 3 is 2.06 bits per heavy atom. The summed E-state index contributed by atoms with van der Waals surface area (Å²) in [6.45, 7) is 7.81. The minimum absolute atomic E-state index is 0.0943. The van der Waals surface area contributed by atoms with Crippen LogP contribution in [0.15, 0.2) is 36.4 Å². The van der Waals surface area contributed by atoms with Crippen LogP contribution in [0.1, 0.15) is 33.3 Å². The van der Waals surface area contributed by atoms with E-state index in [-0.39, 0.29) is 17.1 Å². The Labute approximate surface area is 108 Å². The van der Waals surface area contributed by atoms with Gasteiger partial charge in [-0.15, -0.1) is 0 Å². The lowest BCUT2D eigenvalue weighted by atomic mass is 9.87. The molecule has 0 aromatic heterocycles. The van der Waals surface area contributed by atoms with Gasteiger partial charge in [0.05, 0.1) is 0 Å². The quantitative estimate of drug-likeness (QED) is 0.832. The zero-order chi connectivity index (χ0) is 13.8. The molecular weight excluding hydrogens is 226 g/mol. The van der Waals surface area contributed by atoms with E-state index in [0.717, 1.165) is 5.69 Å². The average molecular weight is 245 g/mol. The van der Waals surface area contributed by atoms with Crippen molar-refractivity contribution in [3.05, 3.63) is 42.0 Å². The van der Waals surface area contributed by atoms with Crippen molar-refractivity contribution in [1.82, 2.24) is 0 Å². The van der Waals surface area contributed by atoms with Crippen LogP contribution in [0.3, 0.4) is 0 Å². The minimum atomic E-state index is -0.297. The Bertz CT molecular complexity index is 464. The van der Waals surface area contributed by atoms with Gasteiger partial charge in [0, 0.05) is 11.8 Å². The number of carbonyl (C=O) groups excluding carboxylic acids is 2. The predicted molar refractivity (Wildman–Crippen MR) is 73.6 cm³/mol. The SMILES string of the molecule is CC(=O)C=CC(=O)Nc1ccc(C(C)(C)C)cc1. The van der Waals surface area contributed by atoms with Gasteiger partial charge >= 0.3 is 0 Å². The summed E-state index contributed by atoms with van der Waals surface area (Å²) in [5.41, 5.74) is 2.03. The average Bonchev–Trinajstić information content (AvgIpc) is 2.26. The molecule has 0 saturated heterocycles. The Balaban J connectivity index is 2.70. The Hall–Kier alpha value is -1.90. The summed E-state index contributed by atoms with van der Waals surface area (Å²) in [5, 5.41) is 2.70. The van der Waals surface area contributed by atoms with Crippen LogP contribution in [0.5, 0.6) is 0 Å². The molecule has 0 bridgehead atoms. The number of nitrogens with one attached hydrogen (secondary N) is 1. The van der Waals surface area contributed by atoms with Gasteiger partial charge in [0.25, 0.3) is 0 Å². The summed E-state index contributed by atoms with van der Waals surface area (Å²) in [6, 6.07) is 7.70. The van der Waals surface area contributed by atoms with Crippen molar-refractivity contribution in [1.29, 1.82) is 0 Å². The number of ketones is 1. The van der Waals surface area contributed by atoms with Crippen LogP contribution in [0.25, 0.3) is 0 Å². The van der Waals surface area contributed by atoms with Crippen LogP contribution in [0.2, 0.25) is 0 Å². The third kappa shape index (κ3) is 4.53. The van der Waals surface area contributed by atoms with Gasteiger partial charge < -0.3 is 5.32 Å². The number of allylic oxidation sites excluding steroid dienone is 1. The second-order valence-corrected chi connectivity index (χ2v) is 5.26. The zero-order valence-corrected chi connectivity index (χ0v) is 11.3. The molecule has 96 valence electrons. The van der Waals surface area contributed by atoms with Crippen LogP contribution in [-0.4, -0.2) is 11.7 Å². The Kier molecular flexibility index (Phi) is 4.43. The van der Waals surface area contributed by atoms with Crippen molar-refractivity contribution < 1.29 is 9.59 Å². The largest absolute Gasteiger partial charge is 0.323 e. The molecule has 0 aliphatic heterocycles. The molecule has 1 amide bonds. The van der Waals surface area contributed by atoms with Gasteiger partial charge in [-0.2, -0.15) is 0 Å². The van der Waals surface area contributed by atoms with E-state index in [2.05, 4.69) is 26.1 Å².